The van der Waals surface area contributed by atoms with Gasteiger partial charge in [-0.15, -0.1) is 0 Å². The Hall–Kier alpha value is -0.420. The monoisotopic (exact) mass is 219 g/mol. The highest BCUT2D eigenvalue weighted by molar-refractivity contribution is 7.91. The molecule has 0 aromatic rings. The Balaban J connectivity index is 2.65. The summed E-state index contributed by atoms with van der Waals surface area (Å²) >= 11 is 0. The van der Waals surface area contributed by atoms with Crippen molar-refractivity contribution in [1.29, 1.82) is 0 Å². The van der Waals surface area contributed by atoms with Crippen molar-refractivity contribution in [3.8, 4) is 0 Å². The zero-order valence-corrected chi connectivity index (χ0v) is 9.22. The van der Waals surface area contributed by atoms with Crippen molar-refractivity contribution in [2.24, 2.45) is 11.7 Å². The van der Waals surface area contributed by atoms with Crippen LogP contribution in [0.4, 0.5) is 0 Å². The van der Waals surface area contributed by atoms with Crippen LogP contribution in [0.1, 0.15) is 25.7 Å². The summed E-state index contributed by atoms with van der Waals surface area (Å²) in [6.07, 6.45) is 4.01. The standard InChI is InChI=1S/C9H17NO3S/c1-14(12,13)8-4-2-3-7(5-8)9(11)6-10/h7-8H,2-6,10H2,1H3. The van der Waals surface area contributed by atoms with Gasteiger partial charge in [0.25, 0.3) is 0 Å². The maximum atomic E-state index is 11.3. The second kappa shape index (κ2) is 4.40. The summed E-state index contributed by atoms with van der Waals surface area (Å²) in [4.78, 5) is 11.3. The summed E-state index contributed by atoms with van der Waals surface area (Å²) in [6, 6.07) is 0. The highest BCUT2D eigenvalue weighted by Crippen LogP contribution is 2.28. The molecule has 14 heavy (non-hydrogen) atoms. The number of ketones is 1. The molecule has 0 bridgehead atoms. The molecule has 82 valence electrons. The van der Waals surface area contributed by atoms with Crippen molar-refractivity contribution in [1.82, 2.24) is 0 Å². The van der Waals surface area contributed by atoms with Crippen molar-refractivity contribution in [2.75, 3.05) is 12.8 Å². The number of hydrogen-bond donors (Lipinski definition) is 1. The van der Waals surface area contributed by atoms with E-state index in [4.69, 9.17) is 5.73 Å². The molecule has 2 N–H and O–H groups in total. The average molecular weight is 219 g/mol. The molecule has 0 spiro atoms. The predicted molar refractivity (Wildman–Crippen MR) is 54.7 cm³/mol. The van der Waals surface area contributed by atoms with Crippen molar-refractivity contribution < 1.29 is 13.2 Å². The molecule has 1 aliphatic carbocycles. The number of nitrogens with two attached hydrogens (primary N) is 1. The van der Waals surface area contributed by atoms with Gasteiger partial charge in [-0.3, -0.25) is 4.79 Å². The summed E-state index contributed by atoms with van der Waals surface area (Å²) in [5, 5.41) is -0.336. The molecule has 0 saturated heterocycles. The molecule has 0 aromatic heterocycles. The second-order valence-electron chi connectivity index (χ2n) is 3.99. The third-order valence-corrected chi connectivity index (χ3v) is 4.53. The van der Waals surface area contributed by atoms with Crippen molar-refractivity contribution >= 4 is 15.6 Å². The second-order valence-corrected chi connectivity index (χ2v) is 6.31. The molecule has 0 aromatic carbocycles. The number of carbonyl (C=O) groups is 1. The lowest BCUT2D eigenvalue weighted by molar-refractivity contribution is -0.122. The SMILES string of the molecule is CS(=O)(=O)C1CCCC(C(=O)CN)C1. The van der Waals surface area contributed by atoms with Gasteiger partial charge in [-0.05, 0) is 19.3 Å². The Morgan fingerprint density at radius 2 is 2.07 bits per heavy atom. The van der Waals surface area contributed by atoms with E-state index in [1.807, 2.05) is 0 Å². The number of carbonyl (C=O) groups excluding carboxylic acids is 1. The maximum absolute atomic E-state index is 11.3. The highest BCUT2D eigenvalue weighted by atomic mass is 32.2. The smallest absolute Gasteiger partial charge is 0.150 e. The van der Waals surface area contributed by atoms with Gasteiger partial charge in [0, 0.05) is 12.2 Å². The molecule has 1 fully saturated rings. The van der Waals surface area contributed by atoms with E-state index in [0.717, 1.165) is 12.8 Å². The van der Waals surface area contributed by atoms with Crippen molar-refractivity contribution in [3.05, 3.63) is 0 Å². The lowest BCUT2D eigenvalue weighted by Gasteiger charge is -2.26. The van der Waals surface area contributed by atoms with Crippen molar-refractivity contribution in [3.63, 3.8) is 0 Å². The Morgan fingerprint density at radius 1 is 1.43 bits per heavy atom. The molecule has 1 rings (SSSR count). The lowest BCUT2D eigenvalue weighted by atomic mass is 9.86. The summed E-state index contributed by atoms with van der Waals surface area (Å²) in [7, 11) is -2.99. The third-order valence-electron chi connectivity index (χ3n) is 2.89. The summed E-state index contributed by atoms with van der Waals surface area (Å²) in [5.41, 5.74) is 5.26. The molecule has 5 heteroatoms. The predicted octanol–water partition coefficient (Wildman–Crippen LogP) is 0.118. The summed E-state index contributed by atoms with van der Waals surface area (Å²) in [6.45, 7) is 0.0289. The van der Waals surface area contributed by atoms with E-state index in [0.29, 0.717) is 12.8 Å². The molecule has 1 saturated carbocycles. The van der Waals surface area contributed by atoms with E-state index >= 15 is 0 Å². The first-order valence-electron chi connectivity index (χ1n) is 4.86. The van der Waals surface area contributed by atoms with Crippen LogP contribution in [0.15, 0.2) is 0 Å². The number of sulfone groups is 1. The van der Waals surface area contributed by atoms with E-state index in [-0.39, 0.29) is 23.5 Å². The minimum atomic E-state index is -2.99. The molecule has 1 aliphatic rings. The molecule has 0 aliphatic heterocycles. The van der Waals surface area contributed by atoms with Gasteiger partial charge in [0.1, 0.15) is 15.6 Å². The van der Waals surface area contributed by atoms with Crippen LogP contribution >= 0.6 is 0 Å². The Bertz CT molecular complexity index is 310. The molecule has 2 unspecified atom stereocenters. The molecule has 0 amide bonds. The van der Waals surface area contributed by atoms with E-state index in [1.165, 1.54) is 6.26 Å². The summed E-state index contributed by atoms with van der Waals surface area (Å²) < 4.78 is 22.6. The zero-order chi connectivity index (χ0) is 10.8. The minimum Gasteiger partial charge on any atom is -0.324 e. The fourth-order valence-electron chi connectivity index (χ4n) is 1.99. The number of rotatable bonds is 3. The Labute approximate surface area is 84.8 Å². The van der Waals surface area contributed by atoms with Crippen LogP contribution < -0.4 is 5.73 Å². The average Bonchev–Trinajstić information content (AvgIpc) is 2.15. The van der Waals surface area contributed by atoms with Crippen LogP contribution in [0.25, 0.3) is 0 Å². The van der Waals surface area contributed by atoms with Crippen LogP contribution in [0.5, 0.6) is 0 Å². The van der Waals surface area contributed by atoms with Crippen LogP contribution in [0, 0.1) is 5.92 Å². The van der Waals surface area contributed by atoms with Gasteiger partial charge < -0.3 is 5.73 Å². The topological polar surface area (TPSA) is 77.2 Å². The molecule has 0 radical (unpaired) electrons. The van der Waals surface area contributed by atoms with Gasteiger partial charge in [-0.1, -0.05) is 6.42 Å². The summed E-state index contributed by atoms with van der Waals surface area (Å²) in [5.74, 6) is -0.133. The van der Waals surface area contributed by atoms with Gasteiger partial charge >= 0.3 is 0 Å². The fourth-order valence-corrected chi connectivity index (χ4v) is 3.17. The van der Waals surface area contributed by atoms with Crippen LogP contribution in [0.2, 0.25) is 0 Å². The van der Waals surface area contributed by atoms with Gasteiger partial charge in [0.05, 0.1) is 11.8 Å². The number of hydrogen-bond acceptors (Lipinski definition) is 4. The first-order chi connectivity index (χ1) is 6.45. The fraction of sp³-hybridized carbons (Fsp3) is 0.889. The van der Waals surface area contributed by atoms with Crippen molar-refractivity contribution in [2.45, 2.75) is 30.9 Å². The largest absolute Gasteiger partial charge is 0.324 e. The van der Waals surface area contributed by atoms with Crippen LogP contribution in [0.3, 0.4) is 0 Å². The first kappa shape index (κ1) is 11.7. The normalized spacial score (nSPS) is 28.7. The molecule has 4 nitrogen and oxygen atoms in total. The zero-order valence-electron chi connectivity index (χ0n) is 8.40. The van der Waals surface area contributed by atoms with E-state index < -0.39 is 9.84 Å². The third kappa shape index (κ3) is 2.78. The quantitative estimate of drug-likeness (QED) is 0.731. The Morgan fingerprint density at radius 3 is 2.57 bits per heavy atom. The lowest BCUT2D eigenvalue weighted by Crippen LogP contribution is -2.33. The van der Waals surface area contributed by atoms with E-state index in [1.54, 1.807) is 0 Å². The van der Waals surface area contributed by atoms with Gasteiger partial charge in [-0.25, -0.2) is 8.42 Å². The van der Waals surface area contributed by atoms with Crippen LogP contribution in [-0.4, -0.2) is 32.3 Å². The molecular formula is C9H17NO3S. The maximum Gasteiger partial charge on any atom is 0.150 e. The van der Waals surface area contributed by atoms with Gasteiger partial charge in [0.15, 0.2) is 0 Å². The molecule has 0 heterocycles. The van der Waals surface area contributed by atoms with E-state index in [2.05, 4.69) is 0 Å². The molecule has 2 atom stereocenters. The van der Waals surface area contributed by atoms with Gasteiger partial charge in [0.2, 0.25) is 0 Å². The minimum absolute atomic E-state index is 0.00153. The van der Waals surface area contributed by atoms with Crippen LogP contribution in [-0.2, 0) is 14.6 Å². The number of Topliss-reactive ketones (excluding diaryl/α,β-unsaturated/α-hetero) is 1. The molecular weight excluding hydrogens is 202 g/mol. The highest BCUT2D eigenvalue weighted by Gasteiger charge is 2.31. The first-order valence-corrected chi connectivity index (χ1v) is 6.82. The Kier molecular flexibility index (Phi) is 3.66. The van der Waals surface area contributed by atoms with Gasteiger partial charge in [-0.2, -0.15) is 0 Å². The van der Waals surface area contributed by atoms with E-state index in [9.17, 15) is 13.2 Å².